The maximum atomic E-state index is 12.6. The zero-order chi connectivity index (χ0) is 18.1. The van der Waals surface area contributed by atoms with E-state index in [1.165, 1.54) is 0 Å². The lowest BCUT2D eigenvalue weighted by atomic mass is 10.1. The van der Waals surface area contributed by atoms with Gasteiger partial charge in [-0.25, -0.2) is 4.98 Å². The average molecular weight is 344 g/mol. The molecule has 3 heterocycles. The molecule has 0 unspecified atom stereocenters. The molecule has 0 fully saturated rings. The molecule has 0 saturated carbocycles. The zero-order valence-corrected chi connectivity index (χ0v) is 15.1. The van der Waals surface area contributed by atoms with E-state index in [-0.39, 0.29) is 11.5 Å². The predicted molar refractivity (Wildman–Crippen MR) is 94.7 cm³/mol. The van der Waals surface area contributed by atoms with E-state index < -0.39 is 0 Å². The molecule has 25 heavy (non-hydrogen) atoms. The smallest absolute Gasteiger partial charge is 0.255 e. The van der Waals surface area contributed by atoms with Gasteiger partial charge >= 0.3 is 0 Å². The monoisotopic (exact) mass is 344 g/mol. The van der Waals surface area contributed by atoms with Gasteiger partial charge in [-0.2, -0.15) is 5.10 Å². The fraction of sp³-hybridized carbons (Fsp3) is 0.529. The SMILES string of the molecule is Cc1[nH]nc(CCC(=O)N2CCc3c(nc(N(C)C)[nH]c3=O)C2)c1C. The summed E-state index contributed by atoms with van der Waals surface area (Å²) in [5, 5.41) is 7.20. The summed E-state index contributed by atoms with van der Waals surface area (Å²) in [7, 11) is 3.65. The van der Waals surface area contributed by atoms with E-state index in [9.17, 15) is 9.59 Å². The molecule has 2 aromatic rings. The summed E-state index contributed by atoms with van der Waals surface area (Å²) in [4.78, 5) is 35.6. The molecule has 0 spiro atoms. The highest BCUT2D eigenvalue weighted by Crippen LogP contribution is 2.18. The highest BCUT2D eigenvalue weighted by molar-refractivity contribution is 5.76. The van der Waals surface area contributed by atoms with Crippen LogP contribution in [-0.2, 0) is 24.2 Å². The summed E-state index contributed by atoms with van der Waals surface area (Å²) in [6.07, 6.45) is 1.56. The molecule has 2 aromatic heterocycles. The molecular weight excluding hydrogens is 320 g/mol. The van der Waals surface area contributed by atoms with Crippen LogP contribution in [0.3, 0.4) is 0 Å². The molecule has 8 nitrogen and oxygen atoms in total. The summed E-state index contributed by atoms with van der Waals surface area (Å²) in [6.45, 7) is 4.92. The van der Waals surface area contributed by atoms with Crippen molar-refractivity contribution in [1.82, 2.24) is 25.1 Å². The van der Waals surface area contributed by atoms with Crippen molar-refractivity contribution in [2.75, 3.05) is 25.5 Å². The largest absolute Gasteiger partial charge is 0.348 e. The molecule has 8 heteroatoms. The van der Waals surface area contributed by atoms with Crippen molar-refractivity contribution in [2.45, 2.75) is 39.7 Å². The Morgan fingerprint density at radius 3 is 2.72 bits per heavy atom. The van der Waals surface area contributed by atoms with Gasteiger partial charge in [0, 0.05) is 44.7 Å². The second-order valence-electron chi connectivity index (χ2n) is 6.69. The van der Waals surface area contributed by atoms with Crippen molar-refractivity contribution in [3.8, 4) is 0 Å². The molecule has 3 rings (SSSR count). The van der Waals surface area contributed by atoms with E-state index in [2.05, 4.69) is 20.2 Å². The summed E-state index contributed by atoms with van der Waals surface area (Å²) in [6, 6.07) is 0. The minimum absolute atomic E-state index is 0.0687. The first kappa shape index (κ1) is 17.2. The van der Waals surface area contributed by atoms with Crippen LogP contribution < -0.4 is 10.5 Å². The third-order valence-corrected chi connectivity index (χ3v) is 4.77. The van der Waals surface area contributed by atoms with E-state index in [1.54, 1.807) is 9.80 Å². The third-order valence-electron chi connectivity index (χ3n) is 4.77. The Kier molecular flexibility index (Phi) is 4.61. The molecule has 0 saturated heterocycles. The Morgan fingerprint density at radius 1 is 1.32 bits per heavy atom. The van der Waals surface area contributed by atoms with Gasteiger partial charge in [-0.1, -0.05) is 0 Å². The molecule has 0 aliphatic carbocycles. The lowest BCUT2D eigenvalue weighted by molar-refractivity contribution is -0.132. The first-order valence-corrected chi connectivity index (χ1v) is 8.44. The van der Waals surface area contributed by atoms with E-state index in [0.29, 0.717) is 49.6 Å². The minimum atomic E-state index is -0.108. The number of carbonyl (C=O) groups is 1. The van der Waals surface area contributed by atoms with Crippen LogP contribution in [0.5, 0.6) is 0 Å². The second kappa shape index (κ2) is 6.70. The molecule has 0 atom stereocenters. The van der Waals surface area contributed by atoms with Crippen LogP contribution in [0.2, 0.25) is 0 Å². The second-order valence-corrected chi connectivity index (χ2v) is 6.69. The summed E-state index contributed by atoms with van der Waals surface area (Å²) in [5.74, 6) is 0.583. The van der Waals surface area contributed by atoms with Gasteiger partial charge in [0.25, 0.3) is 5.56 Å². The van der Waals surface area contributed by atoms with Gasteiger partial charge in [-0.05, 0) is 25.8 Å². The standard InChI is InChI=1S/C17H24N6O2/c1-10-11(2)20-21-13(10)5-6-15(24)23-8-7-12-14(9-23)18-17(22(3)4)19-16(12)25/h5-9H2,1-4H3,(H,20,21)(H,18,19,25). The fourth-order valence-electron chi connectivity index (χ4n) is 3.01. The number of amides is 1. The molecule has 1 aliphatic heterocycles. The number of aromatic amines is 2. The number of H-pyrrole nitrogens is 2. The highest BCUT2D eigenvalue weighted by atomic mass is 16.2. The lowest BCUT2D eigenvalue weighted by Crippen LogP contribution is -2.39. The zero-order valence-electron chi connectivity index (χ0n) is 15.1. The molecular formula is C17H24N6O2. The minimum Gasteiger partial charge on any atom is -0.348 e. The van der Waals surface area contributed by atoms with Crippen LogP contribution in [-0.4, -0.2) is 51.6 Å². The molecule has 134 valence electrons. The lowest BCUT2D eigenvalue weighted by Gasteiger charge is -2.28. The average Bonchev–Trinajstić information content (AvgIpc) is 2.90. The van der Waals surface area contributed by atoms with Gasteiger partial charge < -0.3 is 9.80 Å². The third kappa shape index (κ3) is 3.42. The number of aryl methyl sites for hydroxylation is 2. The molecule has 2 N–H and O–H groups in total. The molecule has 1 amide bonds. The van der Waals surface area contributed by atoms with E-state index in [1.807, 2.05) is 27.9 Å². The number of rotatable bonds is 4. The Morgan fingerprint density at radius 2 is 2.08 bits per heavy atom. The molecule has 0 aromatic carbocycles. The topological polar surface area (TPSA) is 98.0 Å². The quantitative estimate of drug-likeness (QED) is 0.850. The molecule has 0 bridgehead atoms. The summed E-state index contributed by atoms with van der Waals surface area (Å²) >= 11 is 0. The number of anilines is 1. The van der Waals surface area contributed by atoms with Crippen molar-refractivity contribution in [2.24, 2.45) is 0 Å². The Balaban J connectivity index is 1.70. The maximum Gasteiger partial charge on any atom is 0.255 e. The van der Waals surface area contributed by atoms with Crippen molar-refractivity contribution in [1.29, 1.82) is 0 Å². The van der Waals surface area contributed by atoms with Crippen LogP contribution in [0, 0.1) is 13.8 Å². The number of hydrogen-bond acceptors (Lipinski definition) is 5. The number of carbonyl (C=O) groups excluding carboxylic acids is 1. The maximum absolute atomic E-state index is 12.6. The number of nitrogens with zero attached hydrogens (tertiary/aromatic N) is 4. The van der Waals surface area contributed by atoms with E-state index in [0.717, 1.165) is 17.0 Å². The van der Waals surface area contributed by atoms with Gasteiger partial charge in [0.2, 0.25) is 11.9 Å². The van der Waals surface area contributed by atoms with E-state index in [4.69, 9.17) is 0 Å². The molecule has 0 radical (unpaired) electrons. The van der Waals surface area contributed by atoms with Crippen LogP contribution in [0.25, 0.3) is 0 Å². The number of hydrogen-bond donors (Lipinski definition) is 2. The summed E-state index contributed by atoms with van der Waals surface area (Å²) < 4.78 is 0. The Bertz CT molecular complexity index is 851. The Labute approximate surface area is 146 Å². The van der Waals surface area contributed by atoms with Crippen molar-refractivity contribution in [3.63, 3.8) is 0 Å². The first-order valence-electron chi connectivity index (χ1n) is 8.44. The Hall–Kier alpha value is -2.64. The van der Waals surface area contributed by atoms with Crippen molar-refractivity contribution < 1.29 is 4.79 Å². The van der Waals surface area contributed by atoms with Gasteiger partial charge in [0.15, 0.2) is 0 Å². The van der Waals surface area contributed by atoms with Gasteiger partial charge in [-0.3, -0.25) is 19.7 Å². The van der Waals surface area contributed by atoms with Gasteiger partial charge in [0.1, 0.15) is 0 Å². The number of aromatic nitrogens is 4. The van der Waals surface area contributed by atoms with Crippen LogP contribution in [0.1, 0.15) is 34.6 Å². The molecule has 1 aliphatic rings. The summed E-state index contributed by atoms with van der Waals surface area (Å²) in [5.41, 5.74) is 4.36. The van der Waals surface area contributed by atoms with Gasteiger partial charge in [-0.15, -0.1) is 0 Å². The first-order chi connectivity index (χ1) is 11.9. The fourth-order valence-corrected chi connectivity index (χ4v) is 3.01. The highest BCUT2D eigenvalue weighted by Gasteiger charge is 2.24. The van der Waals surface area contributed by atoms with Gasteiger partial charge in [0.05, 0.1) is 17.9 Å². The van der Waals surface area contributed by atoms with Crippen LogP contribution in [0.4, 0.5) is 5.95 Å². The number of fused-ring (bicyclic) bond motifs is 1. The predicted octanol–water partition coefficient (Wildman–Crippen LogP) is 0.693. The van der Waals surface area contributed by atoms with Crippen molar-refractivity contribution >= 4 is 11.9 Å². The normalized spacial score (nSPS) is 13.7. The number of nitrogens with one attached hydrogen (secondary N) is 2. The van der Waals surface area contributed by atoms with Crippen molar-refractivity contribution in [3.05, 3.63) is 38.6 Å². The van der Waals surface area contributed by atoms with Crippen LogP contribution in [0.15, 0.2) is 4.79 Å². The van der Waals surface area contributed by atoms with E-state index >= 15 is 0 Å². The van der Waals surface area contributed by atoms with Crippen LogP contribution >= 0.6 is 0 Å².